The van der Waals surface area contributed by atoms with E-state index in [1.54, 1.807) is 19.1 Å². The Morgan fingerprint density at radius 2 is 2.00 bits per heavy atom. The van der Waals surface area contributed by atoms with Crippen molar-refractivity contribution in [1.29, 1.82) is 0 Å². The number of ether oxygens (including phenoxy) is 1. The molecule has 1 unspecified atom stereocenters. The van der Waals surface area contributed by atoms with Gasteiger partial charge in [0.05, 0.1) is 5.60 Å². The number of methoxy groups -OCH3 is 1. The zero-order valence-corrected chi connectivity index (χ0v) is 8.29. The van der Waals surface area contributed by atoms with Crippen molar-refractivity contribution in [3.05, 3.63) is 35.6 Å². The van der Waals surface area contributed by atoms with E-state index in [2.05, 4.69) is 0 Å². The van der Waals surface area contributed by atoms with E-state index in [0.29, 0.717) is 0 Å². The van der Waals surface area contributed by atoms with Crippen LogP contribution in [0.25, 0.3) is 0 Å². The summed E-state index contributed by atoms with van der Waals surface area (Å²) in [7, 11) is 1.53. The fourth-order valence-corrected chi connectivity index (χ4v) is 1.28. The third kappa shape index (κ3) is 2.17. The highest BCUT2D eigenvalue weighted by atomic mass is 19.1. The second-order valence-electron chi connectivity index (χ2n) is 3.31. The first kappa shape index (κ1) is 10.9. The van der Waals surface area contributed by atoms with Crippen LogP contribution in [-0.2, 0) is 15.1 Å². The molecule has 0 amide bonds. The van der Waals surface area contributed by atoms with Crippen LogP contribution in [0.2, 0.25) is 0 Å². The van der Waals surface area contributed by atoms with Gasteiger partial charge in [0, 0.05) is 13.5 Å². The van der Waals surface area contributed by atoms with Crippen LogP contribution in [0.3, 0.4) is 0 Å². The van der Waals surface area contributed by atoms with Crippen molar-refractivity contribution >= 4 is 6.29 Å². The van der Waals surface area contributed by atoms with Gasteiger partial charge in [-0.1, -0.05) is 12.1 Å². The minimum Gasteiger partial charge on any atom is -0.373 e. The predicted molar refractivity (Wildman–Crippen MR) is 51.4 cm³/mol. The molecule has 1 rings (SSSR count). The highest BCUT2D eigenvalue weighted by Gasteiger charge is 2.25. The number of carbonyl (C=O) groups excluding carboxylic acids is 1. The maximum absolute atomic E-state index is 12.7. The van der Waals surface area contributed by atoms with Gasteiger partial charge in [-0.05, 0) is 24.6 Å². The molecular formula is C11H13FO2. The molecule has 0 aliphatic rings. The molecule has 0 aliphatic carbocycles. The van der Waals surface area contributed by atoms with E-state index in [1.165, 1.54) is 19.2 Å². The Hall–Kier alpha value is -1.22. The van der Waals surface area contributed by atoms with Gasteiger partial charge in [0.2, 0.25) is 0 Å². The van der Waals surface area contributed by atoms with Crippen LogP contribution in [0, 0.1) is 5.82 Å². The third-order valence-electron chi connectivity index (χ3n) is 2.38. The molecule has 0 spiro atoms. The molecule has 0 fully saturated rings. The molecule has 1 aromatic rings. The van der Waals surface area contributed by atoms with Crippen molar-refractivity contribution in [2.75, 3.05) is 7.11 Å². The minimum absolute atomic E-state index is 0.259. The Morgan fingerprint density at radius 3 is 2.43 bits per heavy atom. The van der Waals surface area contributed by atoms with Crippen molar-refractivity contribution in [2.24, 2.45) is 0 Å². The lowest BCUT2D eigenvalue weighted by Gasteiger charge is -2.26. The van der Waals surface area contributed by atoms with Crippen LogP contribution in [0.15, 0.2) is 24.3 Å². The first-order chi connectivity index (χ1) is 6.62. The van der Waals surface area contributed by atoms with Crippen LogP contribution in [0.4, 0.5) is 4.39 Å². The van der Waals surface area contributed by atoms with Gasteiger partial charge < -0.3 is 9.53 Å². The Morgan fingerprint density at radius 1 is 1.43 bits per heavy atom. The molecule has 0 aliphatic heterocycles. The molecular weight excluding hydrogens is 183 g/mol. The monoisotopic (exact) mass is 196 g/mol. The fraction of sp³-hybridized carbons (Fsp3) is 0.364. The Kier molecular flexibility index (Phi) is 3.36. The number of benzene rings is 1. The minimum atomic E-state index is -0.657. The average Bonchev–Trinajstić information content (AvgIpc) is 2.19. The lowest BCUT2D eigenvalue weighted by molar-refractivity contribution is -0.113. The van der Waals surface area contributed by atoms with E-state index in [4.69, 9.17) is 4.74 Å². The maximum Gasteiger partial charge on any atom is 0.123 e. The second-order valence-corrected chi connectivity index (χ2v) is 3.31. The molecule has 0 radical (unpaired) electrons. The van der Waals surface area contributed by atoms with E-state index in [9.17, 15) is 9.18 Å². The number of rotatable bonds is 4. The van der Waals surface area contributed by atoms with Crippen LogP contribution >= 0.6 is 0 Å². The normalized spacial score (nSPS) is 14.8. The zero-order chi connectivity index (χ0) is 10.6. The Labute approximate surface area is 82.7 Å². The number of halogens is 1. The lowest BCUT2D eigenvalue weighted by atomic mass is 9.93. The van der Waals surface area contributed by atoms with Gasteiger partial charge in [-0.2, -0.15) is 0 Å². The van der Waals surface area contributed by atoms with Gasteiger partial charge >= 0.3 is 0 Å². The van der Waals surface area contributed by atoms with Crippen molar-refractivity contribution in [1.82, 2.24) is 0 Å². The van der Waals surface area contributed by atoms with Gasteiger partial charge in [0.1, 0.15) is 12.1 Å². The molecule has 0 saturated carbocycles. The van der Waals surface area contributed by atoms with Crippen LogP contribution in [0.1, 0.15) is 18.9 Å². The summed E-state index contributed by atoms with van der Waals surface area (Å²) >= 11 is 0. The first-order valence-electron chi connectivity index (χ1n) is 4.37. The topological polar surface area (TPSA) is 26.3 Å². The quantitative estimate of drug-likeness (QED) is 0.690. The molecule has 1 aromatic carbocycles. The molecule has 0 aromatic heterocycles. The van der Waals surface area contributed by atoms with E-state index in [1.807, 2.05) is 0 Å². The van der Waals surface area contributed by atoms with E-state index in [-0.39, 0.29) is 12.2 Å². The first-order valence-corrected chi connectivity index (χ1v) is 4.37. The van der Waals surface area contributed by atoms with E-state index < -0.39 is 5.60 Å². The van der Waals surface area contributed by atoms with Gasteiger partial charge in [-0.15, -0.1) is 0 Å². The van der Waals surface area contributed by atoms with E-state index in [0.717, 1.165) is 11.8 Å². The molecule has 0 bridgehead atoms. The summed E-state index contributed by atoms with van der Waals surface area (Å²) in [5, 5.41) is 0. The number of hydrogen-bond acceptors (Lipinski definition) is 2. The smallest absolute Gasteiger partial charge is 0.123 e. The number of aldehydes is 1. The molecule has 0 heterocycles. The van der Waals surface area contributed by atoms with Crippen molar-refractivity contribution in [2.45, 2.75) is 18.9 Å². The van der Waals surface area contributed by atoms with Gasteiger partial charge in [-0.25, -0.2) is 4.39 Å². The van der Waals surface area contributed by atoms with Crippen molar-refractivity contribution in [3.8, 4) is 0 Å². The molecule has 0 saturated heterocycles. The Bertz CT molecular complexity index is 308. The maximum atomic E-state index is 12.7. The predicted octanol–water partition coefficient (Wildman–Crippen LogP) is 2.28. The number of hydrogen-bond donors (Lipinski definition) is 0. The summed E-state index contributed by atoms with van der Waals surface area (Å²) in [5.74, 6) is -0.293. The largest absolute Gasteiger partial charge is 0.373 e. The second kappa shape index (κ2) is 4.33. The van der Waals surface area contributed by atoms with E-state index >= 15 is 0 Å². The standard InChI is InChI=1S/C11H13FO2/c1-11(14-2,7-8-13)9-3-5-10(12)6-4-9/h3-6,8H,7H2,1-2H3. The van der Waals surface area contributed by atoms with Crippen LogP contribution in [-0.4, -0.2) is 13.4 Å². The van der Waals surface area contributed by atoms with Gasteiger partial charge in [-0.3, -0.25) is 0 Å². The molecule has 1 atom stereocenters. The average molecular weight is 196 g/mol. The van der Waals surface area contributed by atoms with Gasteiger partial charge in [0.25, 0.3) is 0 Å². The molecule has 2 nitrogen and oxygen atoms in total. The summed E-state index contributed by atoms with van der Waals surface area (Å²) in [4.78, 5) is 10.5. The Balaban J connectivity index is 2.99. The highest BCUT2D eigenvalue weighted by molar-refractivity contribution is 5.52. The highest BCUT2D eigenvalue weighted by Crippen LogP contribution is 2.27. The molecule has 3 heteroatoms. The molecule has 0 N–H and O–H groups in total. The zero-order valence-electron chi connectivity index (χ0n) is 8.29. The molecule has 14 heavy (non-hydrogen) atoms. The van der Waals surface area contributed by atoms with Crippen molar-refractivity contribution in [3.63, 3.8) is 0 Å². The fourth-order valence-electron chi connectivity index (χ4n) is 1.28. The molecule has 76 valence electrons. The van der Waals surface area contributed by atoms with Crippen LogP contribution < -0.4 is 0 Å². The summed E-state index contributed by atoms with van der Waals surface area (Å²) in [6.07, 6.45) is 1.06. The van der Waals surface area contributed by atoms with Crippen LogP contribution in [0.5, 0.6) is 0 Å². The number of carbonyl (C=O) groups is 1. The lowest BCUT2D eigenvalue weighted by Crippen LogP contribution is -2.24. The summed E-state index contributed by atoms with van der Waals surface area (Å²) in [5.41, 5.74) is 0.142. The van der Waals surface area contributed by atoms with Crippen molar-refractivity contribution < 1.29 is 13.9 Å². The SMILES string of the molecule is COC(C)(CC=O)c1ccc(F)cc1. The third-order valence-corrected chi connectivity index (χ3v) is 2.38. The summed E-state index contributed by atoms with van der Waals surface area (Å²) in [6.45, 7) is 1.80. The summed E-state index contributed by atoms with van der Waals surface area (Å²) in [6, 6.07) is 5.97. The van der Waals surface area contributed by atoms with Gasteiger partial charge in [0.15, 0.2) is 0 Å². The summed E-state index contributed by atoms with van der Waals surface area (Å²) < 4.78 is 17.9.